The molecule has 102 valence electrons. The Morgan fingerprint density at radius 1 is 1.33 bits per heavy atom. The van der Waals surface area contributed by atoms with E-state index in [1.807, 2.05) is 0 Å². The predicted molar refractivity (Wildman–Crippen MR) is 68.6 cm³/mol. The lowest BCUT2D eigenvalue weighted by Crippen LogP contribution is -2.40. The van der Waals surface area contributed by atoms with Crippen LogP contribution < -0.4 is 11.2 Å². The van der Waals surface area contributed by atoms with Gasteiger partial charge in [0, 0.05) is 25.7 Å². The molecule has 1 rings (SSSR count). The average Bonchev–Trinajstić information content (AvgIpc) is 2.26. The summed E-state index contributed by atoms with van der Waals surface area (Å²) in [6, 6.07) is 0. The molecule has 0 radical (unpaired) electrons. The van der Waals surface area contributed by atoms with Crippen LogP contribution in [0.1, 0.15) is 19.8 Å². The molecule has 0 aliphatic rings. The fourth-order valence-corrected chi connectivity index (χ4v) is 2.11. The monoisotopic (exact) mass is 376 g/mol. The molecule has 18 heavy (non-hydrogen) atoms. The van der Waals surface area contributed by atoms with E-state index in [1.165, 1.54) is 10.8 Å². The van der Waals surface area contributed by atoms with Gasteiger partial charge >= 0.3 is 11.9 Å². The Labute approximate surface area is 115 Å². The van der Waals surface area contributed by atoms with E-state index in [0.717, 1.165) is 4.57 Å². The van der Waals surface area contributed by atoms with Crippen molar-refractivity contribution in [3.63, 3.8) is 0 Å². The third kappa shape index (κ3) is 3.85. The highest BCUT2D eigenvalue weighted by molar-refractivity contribution is 14.1. The molecular formula is C10H12F3IN2O2. The number of aromatic nitrogens is 2. The fraction of sp³-hybridized carbons (Fsp3) is 0.600. The van der Waals surface area contributed by atoms with Crippen LogP contribution in [0.25, 0.3) is 0 Å². The third-order valence-electron chi connectivity index (χ3n) is 2.38. The van der Waals surface area contributed by atoms with Crippen molar-refractivity contribution in [3.05, 3.63) is 30.6 Å². The highest BCUT2D eigenvalue weighted by Crippen LogP contribution is 2.21. The highest BCUT2D eigenvalue weighted by Gasteiger charge is 2.26. The molecular weight excluding hydrogens is 364 g/mol. The molecule has 4 nitrogen and oxygen atoms in total. The molecule has 0 saturated carbocycles. The van der Waals surface area contributed by atoms with Gasteiger partial charge in [0.1, 0.15) is 0 Å². The summed E-state index contributed by atoms with van der Waals surface area (Å²) in [6.45, 7) is 1.88. The summed E-state index contributed by atoms with van der Waals surface area (Å²) in [5.74, 6) is 0. The quantitative estimate of drug-likeness (QED) is 0.755. The van der Waals surface area contributed by atoms with Gasteiger partial charge in [-0.2, -0.15) is 13.2 Å². The van der Waals surface area contributed by atoms with Crippen LogP contribution in [-0.4, -0.2) is 15.3 Å². The van der Waals surface area contributed by atoms with E-state index in [9.17, 15) is 22.8 Å². The largest absolute Gasteiger partial charge is 0.389 e. The molecule has 0 fully saturated rings. The number of nitrogens with zero attached hydrogens (tertiary/aromatic N) is 2. The summed E-state index contributed by atoms with van der Waals surface area (Å²) in [6.07, 6.45) is -4.14. The predicted octanol–water partition coefficient (Wildman–Crippen LogP) is 1.98. The number of aryl methyl sites for hydroxylation is 1. The maximum atomic E-state index is 12.0. The average molecular weight is 376 g/mol. The van der Waals surface area contributed by atoms with E-state index in [-0.39, 0.29) is 13.0 Å². The molecule has 0 saturated heterocycles. The molecule has 1 heterocycles. The van der Waals surface area contributed by atoms with Crippen LogP contribution >= 0.6 is 22.6 Å². The second kappa shape index (κ2) is 5.89. The van der Waals surface area contributed by atoms with Crippen LogP contribution in [-0.2, 0) is 13.1 Å². The zero-order valence-corrected chi connectivity index (χ0v) is 11.8. The molecule has 0 atom stereocenters. The molecule has 0 amide bonds. The van der Waals surface area contributed by atoms with Crippen molar-refractivity contribution >= 4 is 22.6 Å². The summed E-state index contributed by atoms with van der Waals surface area (Å²) in [5.41, 5.74) is -1.10. The van der Waals surface area contributed by atoms with Crippen LogP contribution in [0.4, 0.5) is 13.2 Å². The first-order valence-electron chi connectivity index (χ1n) is 5.32. The highest BCUT2D eigenvalue weighted by atomic mass is 127. The summed E-state index contributed by atoms with van der Waals surface area (Å²) >= 11 is 1.77. The van der Waals surface area contributed by atoms with Crippen molar-refractivity contribution in [2.45, 2.75) is 39.0 Å². The molecule has 0 N–H and O–H groups in total. The van der Waals surface area contributed by atoms with Crippen LogP contribution in [0, 0.1) is 3.57 Å². The summed E-state index contributed by atoms with van der Waals surface area (Å²) < 4.78 is 38.5. The van der Waals surface area contributed by atoms with Crippen molar-refractivity contribution in [1.29, 1.82) is 0 Å². The summed E-state index contributed by atoms with van der Waals surface area (Å²) in [5, 5.41) is 0. The maximum Gasteiger partial charge on any atom is 0.389 e. The Kier molecular flexibility index (Phi) is 5.00. The lowest BCUT2D eigenvalue weighted by Gasteiger charge is -2.10. The Morgan fingerprint density at radius 3 is 2.44 bits per heavy atom. The zero-order valence-electron chi connectivity index (χ0n) is 9.63. The molecule has 8 heteroatoms. The Morgan fingerprint density at radius 2 is 1.94 bits per heavy atom. The summed E-state index contributed by atoms with van der Waals surface area (Å²) in [7, 11) is 0. The summed E-state index contributed by atoms with van der Waals surface area (Å²) in [4.78, 5) is 23.4. The van der Waals surface area contributed by atoms with Gasteiger partial charge in [0.2, 0.25) is 0 Å². The number of hydrogen-bond acceptors (Lipinski definition) is 2. The van der Waals surface area contributed by atoms with Crippen molar-refractivity contribution in [3.8, 4) is 0 Å². The van der Waals surface area contributed by atoms with Gasteiger partial charge in [0.15, 0.2) is 0 Å². The Bertz CT molecular complexity index is 533. The first kappa shape index (κ1) is 15.3. The van der Waals surface area contributed by atoms with Gasteiger partial charge in [0.05, 0.1) is 3.57 Å². The van der Waals surface area contributed by atoms with Gasteiger partial charge < -0.3 is 0 Å². The van der Waals surface area contributed by atoms with E-state index < -0.39 is 23.8 Å². The first-order chi connectivity index (χ1) is 8.26. The lowest BCUT2D eigenvalue weighted by atomic mass is 10.3. The fourth-order valence-electron chi connectivity index (χ4n) is 1.48. The van der Waals surface area contributed by atoms with Gasteiger partial charge in [-0.15, -0.1) is 0 Å². The molecule has 0 aromatic carbocycles. The zero-order chi connectivity index (χ0) is 13.9. The lowest BCUT2D eigenvalue weighted by molar-refractivity contribution is -0.136. The van der Waals surface area contributed by atoms with Gasteiger partial charge in [-0.3, -0.25) is 13.9 Å². The second-order valence-corrected chi connectivity index (χ2v) is 4.88. The first-order valence-corrected chi connectivity index (χ1v) is 6.40. The van der Waals surface area contributed by atoms with Gasteiger partial charge in [-0.1, -0.05) is 0 Å². The molecule has 0 unspecified atom stereocenters. The minimum absolute atomic E-state index is 0.214. The third-order valence-corrected chi connectivity index (χ3v) is 3.12. The number of halogens is 4. The van der Waals surface area contributed by atoms with E-state index in [4.69, 9.17) is 0 Å². The molecule has 0 bridgehead atoms. The maximum absolute atomic E-state index is 12.0. The van der Waals surface area contributed by atoms with E-state index in [2.05, 4.69) is 0 Å². The normalized spacial score (nSPS) is 11.8. The number of hydrogen-bond donors (Lipinski definition) is 0. The molecule has 1 aromatic rings. The van der Waals surface area contributed by atoms with E-state index in [0.29, 0.717) is 10.1 Å². The Balaban J connectivity index is 2.99. The van der Waals surface area contributed by atoms with Gasteiger partial charge in [-0.05, 0) is 35.9 Å². The second-order valence-electron chi connectivity index (χ2n) is 3.72. The Hall–Kier alpha value is -0.800. The SMILES string of the molecule is CCn1cc(I)c(=O)n(CCCC(F)(F)F)c1=O. The van der Waals surface area contributed by atoms with Crippen molar-refractivity contribution < 1.29 is 13.2 Å². The van der Waals surface area contributed by atoms with Gasteiger partial charge in [-0.25, -0.2) is 4.79 Å². The van der Waals surface area contributed by atoms with Crippen molar-refractivity contribution in [1.82, 2.24) is 9.13 Å². The van der Waals surface area contributed by atoms with Crippen LogP contribution in [0.15, 0.2) is 15.8 Å². The van der Waals surface area contributed by atoms with Crippen molar-refractivity contribution in [2.75, 3.05) is 0 Å². The topological polar surface area (TPSA) is 44.0 Å². The number of rotatable bonds is 4. The molecule has 0 aliphatic carbocycles. The van der Waals surface area contributed by atoms with Crippen LogP contribution in [0.3, 0.4) is 0 Å². The molecule has 1 aromatic heterocycles. The minimum atomic E-state index is -4.27. The molecule has 0 aliphatic heterocycles. The molecule has 0 spiro atoms. The van der Waals surface area contributed by atoms with Crippen molar-refractivity contribution in [2.24, 2.45) is 0 Å². The van der Waals surface area contributed by atoms with Crippen LogP contribution in [0.5, 0.6) is 0 Å². The van der Waals surface area contributed by atoms with Gasteiger partial charge in [0.25, 0.3) is 5.56 Å². The standard InChI is InChI=1S/C10H12F3IN2O2/c1-2-15-6-7(14)8(17)16(9(15)18)5-3-4-10(11,12)13/h6H,2-5H2,1H3. The number of alkyl halides is 3. The van der Waals surface area contributed by atoms with E-state index in [1.54, 1.807) is 29.5 Å². The van der Waals surface area contributed by atoms with E-state index >= 15 is 0 Å². The minimum Gasteiger partial charge on any atom is -0.300 e. The van der Waals surface area contributed by atoms with Crippen LogP contribution in [0.2, 0.25) is 0 Å². The smallest absolute Gasteiger partial charge is 0.300 e.